The molecule has 3 unspecified atom stereocenters. The molecule has 0 aliphatic heterocycles. The summed E-state index contributed by atoms with van der Waals surface area (Å²) in [4.78, 5) is 28.1. The summed E-state index contributed by atoms with van der Waals surface area (Å²) in [5.41, 5.74) is 7.52. The zero-order valence-corrected chi connectivity index (χ0v) is 29.9. The van der Waals surface area contributed by atoms with Crippen LogP contribution in [0.1, 0.15) is 75.6 Å². The molecule has 2 bridgehead atoms. The van der Waals surface area contributed by atoms with E-state index in [-0.39, 0.29) is 28.4 Å². The van der Waals surface area contributed by atoms with E-state index in [2.05, 4.69) is 50.2 Å². The predicted molar refractivity (Wildman–Crippen MR) is 191 cm³/mol. The van der Waals surface area contributed by atoms with E-state index < -0.39 is 11.9 Å². The standard InChI is InChI=1S/C37H38N2O2.2C2H4O2.Co/c1-3-26-18-30(28-11-7-5-8-12-28)20-32(35(26)40)23-38-34-17-25-15-16-37(34,22-25)39-24-33-21-31(19-27(4-2)36(33)41)29-13-9-6-10-14-29;2*1-2(3)4;/h5-14,18-21,23-25,34,40-41H,3-4,15-17,22H2,1-2H3;2*1H3,(H,3,4);/q;;;+2/p-2. The molecular formula is C41H44CoN2O6. The van der Waals surface area contributed by atoms with Gasteiger partial charge in [-0.3, -0.25) is 9.98 Å². The predicted octanol–water partition coefficient (Wildman–Crippen LogP) is 5.92. The minimum Gasteiger partial charge on any atom is -0.550 e. The fourth-order valence-electron chi connectivity index (χ4n) is 6.74. The van der Waals surface area contributed by atoms with Gasteiger partial charge >= 0.3 is 16.8 Å². The normalized spacial score (nSPS) is 18.9. The first-order valence-electron chi connectivity index (χ1n) is 16.7. The maximum absolute atomic E-state index is 11.1. The van der Waals surface area contributed by atoms with E-state index in [1.807, 2.05) is 61.0 Å². The summed E-state index contributed by atoms with van der Waals surface area (Å²) in [6, 6.07) is 28.9. The van der Waals surface area contributed by atoms with Gasteiger partial charge in [-0.25, -0.2) is 0 Å². The van der Waals surface area contributed by atoms with Gasteiger partial charge in [0.1, 0.15) is 11.5 Å². The van der Waals surface area contributed by atoms with E-state index >= 15 is 0 Å². The van der Waals surface area contributed by atoms with Crippen molar-refractivity contribution in [1.29, 1.82) is 0 Å². The molecule has 4 aromatic carbocycles. The van der Waals surface area contributed by atoms with Crippen LogP contribution in [-0.4, -0.2) is 46.2 Å². The number of aryl methyl sites for hydroxylation is 2. The van der Waals surface area contributed by atoms with Crippen molar-refractivity contribution < 1.29 is 46.8 Å². The van der Waals surface area contributed by atoms with Crippen molar-refractivity contribution in [3.63, 3.8) is 0 Å². The molecule has 2 N–H and O–H groups in total. The first-order chi connectivity index (χ1) is 23.5. The SMILES string of the molecule is CC(=O)[O-].CC(=O)[O-].CCc1cc(-c2ccccc2)cc(C=NC2CC3CCC2(N=Cc2cc(-c4ccccc4)cc(CC)c2O)C3)c1O.[Co+2]. The van der Waals surface area contributed by atoms with Crippen molar-refractivity contribution in [2.75, 3.05) is 0 Å². The van der Waals surface area contributed by atoms with Crippen molar-refractivity contribution >= 4 is 24.4 Å². The second kappa shape index (κ2) is 18.3. The molecule has 0 amide bonds. The van der Waals surface area contributed by atoms with E-state index in [0.29, 0.717) is 17.4 Å². The van der Waals surface area contributed by atoms with Gasteiger partial charge in [0.05, 0.1) is 11.6 Å². The van der Waals surface area contributed by atoms with E-state index in [0.717, 1.165) is 96.9 Å². The smallest absolute Gasteiger partial charge is 0.550 e. The van der Waals surface area contributed by atoms with Crippen LogP contribution >= 0.6 is 0 Å². The zero-order valence-electron chi connectivity index (χ0n) is 28.9. The second-order valence-corrected chi connectivity index (χ2v) is 12.6. The Hall–Kier alpha value is -4.73. The number of hydrogen-bond donors (Lipinski definition) is 2. The van der Waals surface area contributed by atoms with Gasteiger partial charge in [0.25, 0.3) is 0 Å². The molecule has 1 radical (unpaired) electrons. The van der Waals surface area contributed by atoms with Crippen LogP contribution in [0.2, 0.25) is 0 Å². The number of nitrogens with zero attached hydrogens (tertiary/aromatic N) is 2. The van der Waals surface area contributed by atoms with E-state index in [1.54, 1.807) is 0 Å². The molecule has 0 saturated heterocycles. The Balaban J connectivity index is 0.000000681. The number of fused-ring (bicyclic) bond motifs is 2. The summed E-state index contributed by atoms with van der Waals surface area (Å²) in [6.45, 7) is 6.08. The number of hydrogen-bond acceptors (Lipinski definition) is 8. The first kappa shape index (κ1) is 39.7. The molecular weight excluding hydrogens is 675 g/mol. The van der Waals surface area contributed by atoms with Crippen LogP contribution in [0.25, 0.3) is 22.3 Å². The third-order valence-electron chi connectivity index (χ3n) is 9.07. The Labute approximate surface area is 304 Å². The fourth-order valence-corrected chi connectivity index (χ4v) is 6.74. The largest absolute Gasteiger partial charge is 2.00 e. The van der Waals surface area contributed by atoms with Crippen LogP contribution in [0.4, 0.5) is 0 Å². The molecule has 8 nitrogen and oxygen atoms in total. The van der Waals surface area contributed by atoms with Crippen LogP contribution in [0.3, 0.4) is 0 Å². The third kappa shape index (κ3) is 10.1. The van der Waals surface area contributed by atoms with E-state index in [9.17, 15) is 10.2 Å². The molecule has 0 aromatic heterocycles. The van der Waals surface area contributed by atoms with Gasteiger partial charge in [-0.1, -0.05) is 74.5 Å². The van der Waals surface area contributed by atoms with Crippen LogP contribution in [0.5, 0.6) is 11.5 Å². The van der Waals surface area contributed by atoms with Gasteiger partial charge in [0, 0.05) is 35.5 Å². The zero-order chi connectivity index (χ0) is 35.6. The van der Waals surface area contributed by atoms with Crippen LogP contribution in [-0.2, 0) is 39.2 Å². The molecule has 2 aliphatic carbocycles. The van der Waals surface area contributed by atoms with Crippen molar-refractivity contribution in [1.82, 2.24) is 0 Å². The van der Waals surface area contributed by atoms with Crippen LogP contribution in [0, 0.1) is 5.92 Å². The first-order valence-corrected chi connectivity index (χ1v) is 16.7. The molecule has 3 atom stereocenters. The number of rotatable bonds is 8. The molecule has 0 heterocycles. The summed E-state index contributed by atoms with van der Waals surface area (Å²) in [5, 5.41) is 39.9. The molecule has 4 aromatic rings. The molecule has 263 valence electrons. The van der Waals surface area contributed by atoms with Crippen molar-refractivity contribution in [2.24, 2.45) is 15.9 Å². The molecule has 50 heavy (non-hydrogen) atoms. The van der Waals surface area contributed by atoms with Crippen molar-refractivity contribution in [3.8, 4) is 33.8 Å². The molecule has 6 rings (SSSR count). The molecule has 9 heteroatoms. The number of carbonyl (C=O) groups excluding carboxylic acids is 2. The summed E-state index contributed by atoms with van der Waals surface area (Å²) in [5.74, 6) is -0.929. The van der Waals surface area contributed by atoms with Gasteiger partial charge in [0.2, 0.25) is 0 Å². The summed E-state index contributed by atoms with van der Waals surface area (Å²) in [6.07, 6.45) is 9.43. The summed E-state index contributed by atoms with van der Waals surface area (Å²) in [7, 11) is 0. The maximum atomic E-state index is 11.1. The summed E-state index contributed by atoms with van der Waals surface area (Å²) < 4.78 is 0. The van der Waals surface area contributed by atoms with Crippen LogP contribution in [0.15, 0.2) is 94.9 Å². The Bertz CT molecular complexity index is 1790. The Morgan fingerprint density at radius 3 is 1.62 bits per heavy atom. The van der Waals surface area contributed by atoms with Gasteiger partial charge in [-0.05, 0) is 116 Å². The van der Waals surface area contributed by atoms with Crippen molar-refractivity contribution in [2.45, 2.75) is 77.8 Å². The minimum absolute atomic E-state index is 0. The maximum Gasteiger partial charge on any atom is 2.00 e. The van der Waals surface area contributed by atoms with Gasteiger partial charge in [-0.15, -0.1) is 0 Å². The number of benzene rings is 4. The topological polar surface area (TPSA) is 145 Å². The van der Waals surface area contributed by atoms with Crippen molar-refractivity contribution in [3.05, 3.63) is 107 Å². The quantitative estimate of drug-likeness (QED) is 0.217. The van der Waals surface area contributed by atoms with Gasteiger partial charge < -0.3 is 30.0 Å². The molecule has 2 aliphatic rings. The number of aliphatic carboxylic acids is 2. The Kier molecular flexibility index (Phi) is 14.5. The summed E-state index contributed by atoms with van der Waals surface area (Å²) >= 11 is 0. The number of phenols is 2. The fraction of sp³-hybridized carbons (Fsp3) is 0.317. The molecule has 2 fully saturated rings. The second-order valence-electron chi connectivity index (χ2n) is 12.6. The van der Waals surface area contributed by atoms with Crippen LogP contribution < -0.4 is 10.2 Å². The van der Waals surface area contributed by atoms with E-state index in [4.69, 9.17) is 29.8 Å². The van der Waals surface area contributed by atoms with E-state index in [1.165, 1.54) is 0 Å². The molecule has 2 saturated carbocycles. The Morgan fingerprint density at radius 1 is 0.760 bits per heavy atom. The number of phenolic OH excluding ortho intramolecular Hbond substituents is 2. The number of carboxylic acid groups (broad SMARTS) is 2. The number of carboxylic acids is 2. The minimum atomic E-state index is -1.08. The van der Waals surface area contributed by atoms with Gasteiger partial charge in [-0.2, -0.15) is 0 Å². The third-order valence-corrected chi connectivity index (χ3v) is 9.07. The number of aromatic hydroxyl groups is 2. The number of aliphatic imine (C=N–C) groups is 2. The Morgan fingerprint density at radius 2 is 1.20 bits per heavy atom. The average molecular weight is 720 g/mol. The number of carbonyl (C=O) groups is 2. The molecule has 0 spiro atoms. The van der Waals surface area contributed by atoms with Gasteiger partial charge in [0.15, 0.2) is 0 Å². The monoisotopic (exact) mass is 719 g/mol. The average Bonchev–Trinajstić information content (AvgIpc) is 3.66.